The van der Waals surface area contributed by atoms with Gasteiger partial charge in [0.05, 0.1) is 13.7 Å². The van der Waals surface area contributed by atoms with Gasteiger partial charge in [-0.2, -0.15) is 0 Å². The number of nitrogens with one attached hydrogen (secondary N) is 1. The van der Waals surface area contributed by atoms with Crippen LogP contribution in [0.5, 0.6) is 6.01 Å². The molecule has 0 aromatic carbocycles. The average Bonchev–Trinajstić information content (AvgIpc) is 2.74. The Hall–Kier alpha value is -1.10. The van der Waals surface area contributed by atoms with E-state index in [9.17, 15) is 0 Å². The van der Waals surface area contributed by atoms with Gasteiger partial charge in [0.25, 0.3) is 0 Å². The van der Waals surface area contributed by atoms with Crippen molar-refractivity contribution in [3.05, 3.63) is 5.82 Å². The Labute approximate surface area is 96.2 Å². The van der Waals surface area contributed by atoms with Gasteiger partial charge < -0.3 is 10.1 Å². The molecule has 90 valence electrons. The van der Waals surface area contributed by atoms with Crippen LogP contribution in [0.3, 0.4) is 0 Å². The molecule has 0 saturated heterocycles. The Kier molecular flexibility index (Phi) is 3.77. The molecule has 1 fully saturated rings. The maximum atomic E-state index is 5.29. The Morgan fingerprint density at radius 2 is 2.06 bits per heavy atom. The fourth-order valence-electron chi connectivity index (χ4n) is 2.43. The van der Waals surface area contributed by atoms with Gasteiger partial charge in [-0.1, -0.05) is 24.4 Å². The van der Waals surface area contributed by atoms with Gasteiger partial charge in [-0.25, -0.2) is 0 Å². The maximum absolute atomic E-state index is 5.29. The summed E-state index contributed by atoms with van der Waals surface area (Å²) < 4.78 is 7.45. The Balaban J connectivity index is 2.23. The number of rotatable bonds is 4. The Morgan fingerprint density at radius 1 is 1.31 bits per heavy atom. The minimum atomic E-state index is 0.516. The molecular formula is C11H20N4O. The molecule has 0 spiro atoms. The van der Waals surface area contributed by atoms with Crippen molar-refractivity contribution in [2.24, 2.45) is 0 Å². The molecule has 0 atom stereocenters. The summed E-state index contributed by atoms with van der Waals surface area (Å²) >= 11 is 0. The number of hydrogen-bond donors (Lipinski definition) is 1. The molecule has 1 saturated carbocycles. The van der Waals surface area contributed by atoms with Crippen LogP contribution < -0.4 is 10.1 Å². The van der Waals surface area contributed by atoms with E-state index >= 15 is 0 Å². The normalized spacial score (nSPS) is 17.6. The second-order valence-electron chi connectivity index (χ2n) is 4.30. The van der Waals surface area contributed by atoms with Crippen LogP contribution in [0.25, 0.3) is 0 Å². The third-order valence-corrected chi connectivity index (χ3v) is 3.19. The smallest absolute Gasteiger partial charge is 0.316 e. The van der Waals surface area contributed by atoms with Gasteiger partial charge in [0.2, 0.25) is 0 Å². The lowest BCUT2D eigenvalue weighted by Gasteiger charge is -2.24. The molecule has 5 heteroatoms. The van der Waals surface area contributed by atoms with Crippen LogP contribution in [0.15, 0.2) is 0 Å². The predicted molar refractivity (Wildman–Crippen MR) is 61.5 cm³/mol. The first-order chi connectivity index (χ1) is 7.86. The summed E-state index contributed by atoms with van der Waals surface area (Å²) in [5.41, 5.74) is 0. The summed E-state index contributed by atoms with van der Waals surface area (Å²) in [6, 6.07) is 1.17. The number of aromatic nitrogens is 3. The molecule has 0 bridgehead atoms. The molecule has 1 N–H and O–H groups in total. The molecule has 2 rings (SSSR count). The van der Waals surface area contributed by atoms with E-state index in [1.165, 1.54) is 32.1 Å². The van der Waals surface area contributed by atoms with Crippen LogP contribution in [-0.4, -0.2) is 28.9 Å². The molecule has 1 aliphatic rings. The lowest BCUT2D eigenvalue weighted by Crippen LogP contribution is -2.19. The van der Waals surface area contributed by atoms with Crippen molar-refractivity contribution >= 4 is 0 Å². The van der Waals surface area contributed by atoms with Crippen molar-refractivity contribution in [2.45, 2.75) is 44.7 Å². The molecule has 1 aromatic rings. The van der Waals surface area contributed by atoms with Gasteiger partial charge >= 0.3 is 6.01 Å². The molecule has 0 unspecified atom stereocenters. The van der Waals surface area contributed by atoms with Crippen LogP contribution in [0.4, 0.5) is 0 Å². The third-order valence-electron chi connectivity index (χ3n) is 3.19. The zero-order valence-electron chi connectivity index (χ0n) is 10.1. The first-order valence-electron chi connectivity index (χ1n) is 5.99. The minimum Gasteiger partial charge on any atom is -0.467 e. The second kappa shape index (κ2) is 5.30. The topological polar surface area (TPSA) is 52.0 Å². The van der Waals surface area contributed by atoms with Gasteiger partial charge in [-0.3, -0.25) is 4.57 Å². The number of nitrogens with zero attached hydrogens (tertiary/aromatic N) is 3. The zero-order valence-corrected chi connectivity index (χ0v) is 10.1. The van der Waals surface area contributed by atoms with Crippen LogP contribution in [0.1, 0.15) is 44.0 Å². The van der Waals surface area contributed by atoms with E-state index in [2.05, 4.69) is 20.1 Å². The summed E-state index contributed by atoms with van der Waals surface area (Å²) in [4.78, 5) is 0. The highest BCUT2D eigenvalue weighted by atomic mass is 16.5. The van der Waals surface area contributed by atoms with Crippen molar-refractivity contribution in [3.8, 4) is 6.01 Å². The van der Waals surface area contributed by atoms with Crippen molar-refractivity contribution in [3.63, 3.8) is 0 Å². The quantitative estimate of drug-likeness (QED) is 0.842. The summed E-state index contributed by atoms with van der Waals surface area (Å²) in [5.74, 6) is 0.978. The number of methoxy groups -OCH3 is 1. The first kappa shape index (κ1) is 11.4. The molecule has 1 aliphatic carbocycles. The van der Waals surface area contributed by atoms with Crippen LogP contribution in [-0.2, 0) is 6.54 Å². The van der Waals surface area contributed by atoms with Gasteiger partial charge in [0.15, 0.2) is 0 Å². The molecule has 1 heterocycles. The molecule has 0 radical (unpaired) electrons. The average molecular weight is 224 g/mol. The predicted octanol–water partition coefficient (Wildman–Crippen LogP) is 1.51. The van der Waals surface area contributed by atoms with Crippen LogP contribution in [0, 0.1) is 0 Å². The molecule has 16 heavy (non-hydrogen) atoms. The molecule has 5 nitrogen and oxygen atoms in total. The van der Waals surface area contributed by atoms with Gasteiger partial charge in [0, 0.05) is 6.04 Å². The second-order valence-corrected chi connectivity index (χ2v) is 4.30. The SMILES string of the molecule is CNCc1nnc(OC)n1C1CCCCC1. The number of ether oxygens (including phenoxy) is 1. The van der Waals surface area contributed by atoms with Crippen LogP contribution in [0.2, 0.25) is 0 Å². The van der Waals surface area contributed by atoms with Gasteiger partial charge in [-0.05, 0) is 19.9 Å². The fraction of sp³-hybridized carbons (Fsp3) is 0.818. The van der Waals surface area contributed by atoms with E-state index in [1.54, 1.807) is 7.11 Å². The van der Waals surface area contributed by atoms with Crippen LogP contribution >= 0.6 is 0 Å². The Bertz CT molecular complexity index is 331. The van der Waals surface area contributed by atoms with Gasteiger partial charge in [-0.15, -0.1) is 5.10 Å². The van der Waals surface area contributed by atoms with E-state index in [0.717, 1.165) is 12.4 Å². The summed E-state index contributed by atoms with van der Waals surface area (Å²) in [6.07, 6.45) is 6.37. The van der Waals surface area contributed by atoms with E-state index in [0.29, 0.717) is 12.1 Å². The highest BCUT2D eigenvalue weighted by Gasteiger charge is 2.22. The largest absolute Gasteiger partial charge is 0.467 e. The van der Waals surface area contributed by atoms with E-state index in [-0.39, 0.29) is 0 Å². The van der Waals surface area contributed by atoms with E-state index in [4.69, 9.17) is 4.74 Å². The van der Waals surface area contributed by atoms with Gasteiger partial charge in [0.1, 0.15) is 5.82 Å². The fourth-order valence-corrected chi connectivity index (χ4v) is 2.43. The Morgan fingerprint density at radius 3 is 2.69 bits per heavy atom. The summed E-state index contributed by atoms with van der Waals surface area (Å²) in [7, 11) is 3.58. The molecule has 1 aromatic heterocycles. The lowest BCUT2D eigenvalue weighted by atomic mass is 9.95. The highest BCUT2D eigenvalue weighted by molar-refractivity contribution is 5.04. The highest BCUT2D eigenvalue weighted by Crippen LogP contribution is 2.31. The third kappa shape index (κ3) is 2.19. The van der Waals surface area contributed by atoms with Crippen molar-refractivity contribution < 1.29 is 4.74 Å². The van der Waals surface area contributed by atoms with Crippen molar-refractivity contribution in [1.82, 2.24) is 20.1 Å². The monoisotopic (exact) mass is 224 g/mol. The van der Waals surface area contributed by atoms with Crippen molar-refractivity contribution in [2.75, 3.05) is 14.2 Å². The molecule has 0 aliphatic heterocycles. The van der Waals surface area contributed by atoms with Crippen molar-refractivity contribution in [1.29, 1.82) is 0 Å². The lowest BCUT2D eigenvalue weighted by molar-refractivity contribution is 0.288. The number of hydrogen-bond acceptors (Lipinski definition) is 4. The minimum absolute atomic E-state index is 0.516. The standard InChI is InChI=1S/C11H20N4O/c1-12-8-10-13-14-11(16-2)15(10)9-6-4-3-5-7-9/h9,12H,3-8H2,1-2H3. The zero-order chi connectivity index (χ0) is 11.4. The molecular weight excluding hydrogens is 204 g/mol. The van der Waals surface area contributed by atoms with E-state index < -0.39 is 0 Å². The molecule has 0 amide bonds. The maximum Gasteiger partial charge on any atom is 0.316 e. The van der Waals surface area contributed by atoms with E-state index in [1.807, 2.05) is 7.05 Å². The first-order valence-corrected chi connectivity index (χ1v) is 5.99. The summed E-state index contributed by atoms with van der Waals surface area (Å²) in [5, 5.41) is 11.4. The summed E-state index contributed by atoms with van der Waals surface area (Å²) in [6.45, 7) is 0.743.